The largest absolute Gasteiger partial charge is 0.345 e. The summed E-state index contributed by atoms with van der Waals surface area (Å²) in [6.07, 6.45) is 0. The summed E-state index contributed by atoms with van der Waals surface area (Å²) in [4.78, 5) is 22.5. The molecule has 2 unspecified atom stereocenters. The first-order chi connectivity index (χ1) is 8.37. The first kappa shape index (κ1) is 13.0. The van der Waals surface area contributed by atoms with E-state index in [9.17, 15) is 18.0 Å². The number of aromatic amines is 1. The smallest absolute Gasteiger partial charge is 0.272 e. The number of hydrogen-bond donors (Lipinski definition) is 2. The van der Waals surface area contributed by atoms with Gasteiger partial charge in [0.15, 0.2) is 9.84 Å². The van der Waals surface area contributed by atoms with Crippen LogP contribution in [0.25, 0.3) is 0 Å². The number of carbonyl (C=O) groups excluding carboxylic acids is 1. The van der Waals surface area contributed by atoms with E-state index in [1.54, 1.807) is 0 Å². The summed E-state index contributed by atoms with van der Waals surface area (Å²) in [5, 5.41) is 7.49. The lowest BCUT2D eigenvalue weighted by molar-refractivity contribution is 0.0935. The van der Waals surface area contributed by atoms with Crippen molar-refractivity contribution in [2.24, 2.45) is 0 Å². The van der Waals surface area contributed by atoms with Gasteiger partial charge in [0, 0.05) is 6.07 Å². The van der Waals surface area contributed by atoms with Gasteiger partial charge in [0.2, 0.25) is 0 Å². The zero-order chi connectivity index (χ0) is 13.3. The van der Waals surface area contributed by atoms with Crippen LogP contribution < -0.4 is 10.9 Å². The third kappa shape index (κ3) is 2.88. The molecule has 18 heavy (non-hydrogen) atoms. The fourth-order valence-corrected chi connectivity index (χ4v) is 4.20. The molecule has 0 saturated carbocycles. The van der Waals surface area contributed by atoms with E-state index in [0.29, 0.717) is 0 Å². The maximum absolute atomic E-state index is 11.7. The standard InChI is InChI=1S/C9H10ClN3O4S/c10-5-3-18(16,17)4-7(5)11-9(15)6-1-2-8(14)13-12-6/h1-2,5,7H,3-4H2,(H,11,15)(H,13,14). The van der Waals surface area contributed by atoms with Gasteiger partial charge in [-0.2, -0.15) is 5.10 Å². The summed E-state index contributed by atoms with van der Waals surface area (Å²) >= 11 is 5.85. The first-order valence-corrected chi connectivity index (χ1v) is 7.34. The number of rotatable bonds is 2. The van der Waals surface area contributed by atoms with Gasteiger partial charge in [-0.1, -0.05) is 0 Å². The van der Waals surface area contributed by atoms with Crippen LogP contribution >= 0.6 is 11.6 Å². The average molecular weight is 292 g/mol. The van der Waals surface area contributed by atoms with E-state index in [-0.39, 0.29) is 17.2 Å². The van der Waals surface area contributed by atoms with Crippen LogP contribution in [0, 0.1) is 0 Å². The summed E-state index contributed by atoms with van der Waals surface area (Å²) in [5.74, 6) is -0.909. The van der Waals surface area contributed by atoms with Crippen LogP contribution in [0.2, 0.25) is 0 Å². The molecule has 0 spiro atoms. The molecule has 0 bridgehead atoms. The number of carbonyl (C=O) groups is 1. The third-order valence-corrected chi connectivity index (χ3v) is 4.89. The predicted molar refractivity (Wildman–Crippen MR) is 64.4 cm³/mol. The van der Waals surface area contributed by atoms with Crippen LogP contribution in [0.5, 0.6) is 0 Å². The average Bonchev–Trinajstić information content (AvgIpc) is 2.52. The summed E-state index contributed by atoms with van der Waals surface area (Å²) in [5.41, 5.74) is -0.423. The van der Waals surface area contributed by atoms with Crippen molar-refractivity contribution in [3.63, 3.8) is 0 Å². The molecule has 9 heteroatoms. The maximum Gasteiger partial charge on any atom is 0.272 e. The first-order valence-electron chi connectivity index (χ1n) is 5.08. The molecule has 1 aliphatic rings. The van der Waals surface area contributed by atoms with Crippen LogP contribution in [0.1, 0.15) is 10.5 Å². The van der Waals surface area contributed by atoms with Gasteiger partial charge in [0.25, 0.3) is 11.5 Å². The van der Waals surface area contributed by atoms with E-state index in [1.165, 1.54) is 6.07 Å². The van der Waals surface area contributed by atoms with Crippen LogP contribution in [0.15, 0.2) is 16.9 Å². The van der Waals surface area contributed by atoms with Crippen molar-refractivity contribution >= 4 is 27.3 Å². The van der Waals surface area contributed by atoms with E-state index in [1.807, 2.05) is 0 Å². The lowest BCUT2D eigenvalue weighted by atomic mass is 10.2. The van der Waals surface area contributed by atoms with Gasteiger partial charge in [-0.15, -0.1) is 11.6 Å². The highest BCUT2D eigenvalue weighted by atomic mass is 35.5. The quantitative estimate of drug-likeness (QED) is 0.673. The summed E-state index contributed by atoms with van der Waals surface area (Å²) < 4.78 is 22.6. The Morgan fingerprint density at radius 2 is 2.17 bits per heavy atom. The number of amides is 1. The van der Waals surface area contributed by atoms with Crippen LogP contribution in [0.4, 0.5) is 0 Å². The second kappa shape index (κ2) is 4.69. The number of aromatic nitrogens is 2. The number of sulfone groups is 1. The SMILES string of the molecule is O=C(NC1CS(=O)(=O)CC1Cl)c1ccc(=O)[nH]n1. The Morgan fingerprint density at radius 3 is 2.67 bits per heavy atom. The third-order valence-electron chi connectivity index (χ3n) is 2.51. The molecule has 2 atom stereocenters. The van der Waals surface area contributed by atoms with E-state index in [4.69, 9.17) is 11.6 Å². The monoisotopic (exact) mass is 291 g/mol. The Labute approximate surface area is 107 Å². The highest BCUT2D eigenvalue weighted by molar-refractivity contribution is 7.91. The molecule has 98 valence electrons. The summed E-state index contributed by atoms with van der Waals surface area (Å²) in [7, 11) is -3.20. The minimum atomic E-state index is -3.20. The number of nitrogens with one attached hydrogen (secondary N) is 2. The minimum absolute atomic E-state index is 0.00256. The molecule has 1 amide bonds. The molecule has 2 N–H and O–H groups in total. The van der Waals surface area contributed by atoms with Gasteiger partial charge in [0.05, 0.1) is 22.9 Å². The number of hydrogen-bond acceptors (Lipinski definition) is 5. The van der Waals surface area contributed by atoms with Crippen LogP contribution in [-0.2, 0) is 9.84 Å². The second-order valence-electron chi connectivity index (χ2n) is 3.98. The van der Waals surface area contributed by atoms with Gasteiger partial charge in [-0.25, -0.2) is 13.5 Å². The maximum atomic E-state index is 11.7. The molecule has 0 aliphatic carbocycles. The normalized spacial score (nSPS) is 25.8. The molecule has 1 aromatic heterocycles. The highest BCUT2D eigenvalue weighted by Gasteiger charge is 2.37. The van der Waals surface area contributed by atoms with Crippen molar-refractivity contribution in [3.05, 3.63) is 28.2 Å². The molecular formula is C9H10ClN3O4S. The zero-order valence-corrected chi connectivity index (χ0v) is 10.7. The van der Waals surface area contributed by atoms with E-state index >= 15 is 0 Å². The fraction of sp³-hybridized carbons (Fsp3) is 0.444. The lowest BCUT2D eigenvalue weighted by Crippen LogP contribution is -2.41. The van der Waals surface area contributed by atoms with Crippen molar-refractivity contribution in [1.29, 1.82) is 0 Å². The molecule has 2 rings (SSSR count). The highest BCUT2D eigenvalue weighted by Crippen LogP contribution is 2.18. The van der Waals surface area contributed by atoms with Crippen molar-refractivity contribution in [2.45, 2.75) is 11.4 Å². The fourth-order valence-electron chi connectivity index (χ4n) is 1.65. The summed E-state index contributed by atoms with van der Waals surface area (Å²) in [6, 6.07) is 1.77. The molecule has 1 saturated heterocycles. The van der Waals surface area contributed by atoms with Gasteiger partial charge >= 0.3 is 0 Å². The second-order valence-corrected chi connectivity index (χ2v) is 6.69. The number of H-pyrrole nitrogens is 1. The molecular weight excluding hydrogens is 282 g/mol. The van der Waals surface area contributed by atoms with E-state index < -0.39 is 32.7 Å². The van der Waals surface area contributed by atoms with E-state index in [2.05, 4.69) is 15.5 Å². The van der Waals surface area contributed by atoms with Gasteiger partial charge in [-0.05, 0) is 6.07 Å². The molecule has 1 aliphatic heterocycles. The van der Waals surface area contributed by atoms with Crippen molar-refractivity contribution in [1.82, 2.24) is 15.5 Å². The Balaban J connectivity index is 2.09. The Hall–Kier alpha value is -1.41. The molecule has 7 nitrogen and oxygen atoms in total. The Morgan fingerprint density at radius 1 is 1.44 bits per heavy atom. The topological polar surface area (TPSA) is 109 Å². The Bertz CT molecular complexity index is 606. The Kier molecular flexibility index (Phi) is 3.40. The van der Waals surface area contributed by atoms with Crippen molar-refractivity contribution in [3.8, 4) is 0 Å². The molecule has 2 heterocycles. The predicted octanol–water partition coefficient (Wildman–Crippen LogP) is -1.10. The van der Waals surface area contributed by atoms with Crippen LogP contribution in [-0.4, -0.2) is 47.4 Å². The van der Waals surface area contributed by atoms with Gasteiger partial charge in [0.1, 0.15) is 5.69 Å². The van der Waals surface area contributed by atoms with Crippen LogP contribution in [0.3, 0.4) is 0 Å². The van der Waals surface area contributed by atoms with Gasteiger partial charge < -0.3 is 5.32 Å². The molecule has 0 radical (unpaired) electrons. The molecule has 1 fully saturated rings. The lowest BCUT2D eigenvalue weighted by Gasteiger charge is -2.13. The van der Waals surface area contributed by atoms with Crippen molar-refractivity contribution in [2.75, 3.05) is 11.5 Å². The molecule has 1 aromatic rings. The molecule has 0 aromatic carbocycles. The number of alkyl halides is 1. The van der Waals surface area contributed by atoms with Gasteiger partial charge in [-0.3, -0.25) is 9.59 Å². The van der Waals surface area contributed by atoms with E-state index in [0.717, 1.165) is 6.07 Å². The van der Waals surface area contributed by atoms with Crippen molar-refractivity contribution < 1.29 is 13.2 Å². The summed E-state index contributed by atoms with van der Waals surface area (Å²) in [6.45, 7) is 0. The number of nitrogens with zero attached hydrogens (tertiary/aromatic N) is 1. The minimum Gasteiger partial charge on any atom is -0.345 e. The zero-order valence-electron chi connectivity index (χ0n) is 9.09. The number of halogens is 1.